The van der Waals surface area contributed by atoms with E-state index in [2.05, 4.69) is 10.6 Å². The highest BCUT2D eigenvalue weighted by Crippen LogP contribution is 2.33. The van der Waals surface area contributed by atoms with Gasteiger partial charge >= 0.3 is 6.03 Å². The Hall–Kier alpha value is -3.05. The summed E-state index contributed by atoms with van der Waals surface area (Å²) in [6.45, 7) is 0. The lowest BCUT2D eigenvalue weighted by molar-refractivity contribution is 0.255. The van der Waals surface area contributed by atoms with Crippen LogP contribution >= 0.6 is 11.8 Å². The maximum absolute atomic E-state index is 12.9. The fraction of sp³-hybridized carbons (Fsp3) is 0. The minimum Gasteiger partial charge on any atom is -0.314 e. The quantitative estimate of drug-likeness (QED) is 0.603. The van der Waals surface area contributed by atoms with Crippen molar-refractivity contribution in [2.45, 2.75) is 9.79 Å². The summed E-state index contributed by atoms with van der Waals surface area (Å²) in [5, 5.41) is 5.50. The van der Waals surface area contributed by atoms with E-state index in [1.54, 1.807) is 30.0 Å². The normalized spacial score (nSPS) is 10.7. The van der Waals surface area contributed by atoms with E-state index in [9.17, 15) is 9.18 Å². The highest BCUT2D eigenvalue weighted by atomic mass is 32.2. The van der Waals surface area contributed by atoms with Gasteiger partial charge in [0.1, 0.15) is 5.82 Å². The number of nitrogens with one attached hydrogen (secondary N) is 2. The van der Waals surface area contributed by atoms with Crippen LogP contribution in [-0.4, -0.2) is 6.03 Å². The van der Waals surface area contributed by atoms with Gasteiger partial charge in [-0.2, -0.15) is 0 Å². The number of amides is 2. The Labute approximate surface area is 156 Å². The first-order chi connectivity index (χ1) is 12.7. The monoisotopic (exact) mass is 364 g/mol. The third kappa shape index (κ3) is 5.22. The van der Waals surface area contributed by atoms with Crippen LogP contribution in [0.15, 0.2) is 94.9 Å². The van der Waals surface area contributed by atoms with Gasteiger partial charge in [0, 0.05) is 16.0 Å². The summed E-state index contributed by atoms with van der Waals surface area (Å²) in [6, 6.07) is 23.3. The first-order valence-corrected chi connectivity index (χ1v) is 8.84. The Bertz CT molecular complexity index is 895. The topological polar surface area (TPSA) is 41.1 Å². The molecule has 26 heavy (non-hydrogen) atoms. The van der Waals surface area contributed by atoms with Crippen molar-refractivity contribution in [2.24, 2.45) is 0 Å². The first kappa shape index (κ1) is 17.8. The molecule has 0 aromatic heterocycles. The number of para-hydroxylation sites is 1. The zero-order valence-corrected chi connectivity index (χ0v) is 14.7. The van der Waals surface area contributed by atoms with E-state index in [4.69, 9.17) is 0 Å². The van der Waals surface area contributed by atoms with E-state index in [1.807, 2.05) is 54.6 Å². The highest BCUT2D eigenvalue weighted by molar-refractivity contribution is 7.99. The lowest BCUT2D eigenvalue weighted by Crippen LogP contribution is -2.24. The van der Waals surface area contributed by atoms with Crippen molar-refractivity contribution < 1.29 is 9.18 Å². The first-order valence-electron chi connectivity index (χ1n) is 8.02. The van der Waals surface area contributed by atoms with E-state index < -0.39 is 0 Å². The molecule has 3 nitrogen and oxygen atoms in total. The van der Waals surface area contributed by atoms with Crippen molar-refractivity contribution >= 4 is 29.6 Å². The summed E-state index contributed by atoms with van der Waals surface area (Å²) < 4.78 is 12.9. The molecule has 0 heterocycles. The third-order valence-electron chi connectivity index (χ3n) is 3.47. The largest absolute Gasteiger partial charge is 0.323 e. The van der Waals surface area contributed by atoms with E-state index in [0.717, 1.165) is 21.0 Å². The standard InChI is InChI=1S/C21H17FN2OS/c22-17-12-10-16(11-13-17)14-15-23-21(25)24-19-8-4-5-9-20(19)26-18-6-2-1-3-7-18/h1-15H,(H2,23,24,25)/b15-14+. The summed E-state index contributed by atoms with van der Waals surface area (Å²) in [6.07, 6.45) is 3.22. The second-order valence-corrected chi connectivity index (χ2v) is 6.51. The van der Waals surface area contributed by atoms with Crippen molar-refractivity contribution in [3.63, 3.8) is 0 Å². The molecule has 0 fully saturated rings. The van der Waals surface area contributed by atoms with Crippen LogP contribution < -0.4 is 10.6 Å². The average molecular weight is 364 g/mol. The molecule has 0 saturated carbocycles. The fourth-order valence-electron chi connectivity index (χ4n) is 2.22. The Morgan fingerprint density at radius 1 is 0.885 bits per heavy atom. The zero-order valence-electron chi connectivity index (χ0n) is 13.9. The Morgan fingerprint density at radius 3 is 2.35 bits per heavy atom. The van der Waals surface area contributed by atoms with Crippen molar-refractivity contribution in [1.82, 2.24) is 5.32 Å². The van der Waals surface area contributed by atoms with Gasteiger partial charge in [0.15, 0.2) is 0 Å². The third-order valence-corrected chi connectivity index (χ3v) is 4.55. The van der Waals surface area contributed by atoms with Crippen molar-refractivity contribution in [3.05, 3.63) is 96.4 Å². The fourth-order valence-corrected chi connectivity index (χ4v) is 3.14. The maximum Gasteiger partial charge on any atom is 0.323 e. The molecule has 0 aliphatic carbocycles. The summed E-state index contributed by atoms with van der Waals surface area (Å²) >= 11 is 1.58. The second-order valence-electron chi connectivity index (χ2n) is 5.39. The molecule has 0 unspecified atom stereocenters. The molecular weight excluding hydrogens is 347 g/mol. The summed E-state index contributed by atoms with van der Waals surface area (Å²) in [5.41, 5.74) is 1.53. The van der Waals surface area contributed by atoms with Crippen LogP contribution in [0.25, 0.3) is 6.08 Å². The molecule has 0 aliphatic heterocycles. The Kier molecular flexibility index (Phi) is 6.06. The molecule has 3 aromatic rings. The Morgan fingerprint density at radius 2 is 1.58 bits per heavy atom. The molecule has 2 amide bonds. The van der Waals surface area contributed by atoms with Crippen LogP contribution in [0.3, 0.4) is 0 Å². The van der Waals surface area contributed by atoms with Crippen LogP contribution in [0.1, 0.15) is 5.56 Å². The van der Waals surface area contributed by atoms with Crippen LogP contribution in [0.2, 0.25) is 0 Å². The zero-order chi connectivity index (χ0) is 18.2. The molecule has 0 saturated heterocycles. The van der Waals surface area contributed by atoms with Gasteiger partial charge in [-0.25, -0.2) is 9.18 Å². The number of carbonyl (C=O) groups is 1. The van der Waals surface area contributed by atoms with Gasteiger partial charge in [-0.05, 0) is 48.0 Å². The number of urea groups is 1. The van der Waals surface area contributed by atoms with E-state index in [0.29, 0.717) is 0 Å². The van der Waals surface area contributed by atoms with Gasteiger partial charge in [0.05, 0.1) is 5.69 Å². The average Bonchev–Trinajstić information content (AvgIpc) is 2.66. The van der Waals surface area contributed by atoms with Gasteiger partial charge in [-0.3, -0.25) is 0 Å². The van der Waals surface area contributed by atoms with E-state index in [-0.39, 0.29) is 11.8 Å². The molecule has 2 N–H and O–H groups in total. The summed E-state index contributed by atoms with van der Waals surface area (Å²) in [4.78, 5) is 14.2. The number of hydrogen-bond acceptors (Lipinski definition) is 2. The molecule has 130 valence electrons. The number of anilines is 1. The second kappa shape index (κ2) is 8.87. The molecule has 0 radical (unpaired) electrons. The van der Waals surface area contributed by atoms with Crippen LogP contribution in [0.5, 0.6) is 0 Å². The SMILES string of the molecule is O=C(N/C=C/c1ccc(F)cc1)Nc1ccccc1Sc1ccccc1. The molecule has 0 aliphatic rings. The maximum atomic E-state index is 12.9. The van der Waals surface area contributed by atoms with Crippen molar-refractivity contribution in [1.29, 1.82) is 0 Å². The lowest BCUT2D eigenvalue weighted by Gasteiger charge is -2.10. The van der Waals surface area contributed by atoms with Gasteiger partial charge in [-0.15, -0.1) is 0 Å². The molecule has 3 rings (SSSR count). The number of hydrogen-bond donors (Lipinski definition) is 2. The predicted octanol–water partition coefficient (Wildman–Crippen LogP) is 5.77. The number of carbonyl (C=O) groups excluding carboxylic acids is 1. The van der Waals surface area contributed by atoms with Gasteiger partial charge in [-0.1, -0.05) is 54.2 Å². The molecule has 3 aromatic carbocycles. The van der Waals surface area contributed by atoms with Crippen LogP contribution in [0, 0.1) is 5.82 Å². The summed E-state index contributed by atoms with van der Waals surface area (Å²) in [5.74, 6) is -0.291. The van der Waals surface area contributed by atoms with Crippen molar-refractivity contribution in [2.75, 3.05) is 5.32 Å². The van der Waals surface area contributed by atoms with E-state index >= 15 is 0 Å². The van der Waals surface area contributed by atoms with Crippen LogP contribution in [-0.2, 0) is 0 Å². The van der Waals surface area contributed by atoms with Gasteiger partial charge < -0.3 is 10.6 Å². The molecule has 5 heteroatoms. The Balaban J connectivity index is 1.61. The van der Waals surface area contributed by atoms with E-state index in [1.165, 1.54) is 18.3 Å². The molecule has 0 bridgehead atoms. The minimum atomic E-state index is -0.343. The number of rotatable bonds is 5. The van der Waals surface area contributed by atoms with Gasteiger partial charge in [0.25, 0.3) is 0 Å². The molecular formula is C21H17FN2OS. The number of benzene rings is 3. The van der Waals surface area contributed by atoms with Gasteiger partial charge in [0.2, 0.25) is 0 Å². The summed E-state index contributed by atoms with van der Waals surface area (Å²) in [7, 11) is 0. The minimum absolute atomic E-state index is 0.291. The number of halogens is 1. The smallest absolute Gasteiger partial charge is 0.314 e. The van der Waals surface area contributed by atoms with Crippen molar-refractivity contribution in [3.8, 4) is 0 Å². The lowest BCUT2D eigenvalue weighted by atomic mass is 10.2. The highest BCUT2D eigenvalue weighted by Gasteiger charge is 2.06. The van der Waals surface area contributed by atoms with Crippen LogP contribution in [0.4, 0.5) is 14.9 Å². The molecule has 0 atom stereocenters. The molecule has 0 spiro atoms. The predicted molar refractivity (Wildman–Crippen MR) is 105 cm³/mol.